The molecule has 0 atom stereocenters. The maximum absolute atomic E-state index is 12.2. The molecule has 0 amide bonds. The van der Waals surface area contributed by atoms with Gasteiger partial charge < -0.3 is 10.2 Å². The van der Waals surface area contributed by atoms with E-state index >= 15 is 0 Å². The van der Waals surface area contributed by atoms with Gasteiger partial charge in [0.25, 0.3) is 10.0 Å². The number of sulfonamides is 1. The Hall–Kier alpha value is -1.51. The van der Waals surface area contributed by atoms with Crippen LogP contribution in [0.25, 0.3) is 0 Å². The standard InChI is InChI=1S/C11H16N2O5S/c1-11(2,7-14)13(3)19(17,18)9-5-4-8(6-12-9)10(15)16/h4-6,14H,7H2,1-3H3,(H,15,16). The SMILES string of the molecule is CN(C(C)(C)CO)S(=O)(=O)c1ccc(C(=O)O)cn1. The van der Waals surface area contributed by atoms with E-state index in [-0.39, 0.29) is 17.2 Å². The molecule has 0 spiro atoms. The predicted octanol–water partition coefficient (Wildman–Crippen LogP) is 0.171. The molecular formula is C11H16N2O5S. The van der Waals surface area contributed by atoms with Crippen LogP contribution >= 0.6 is 0 Å². The van der Waals surface area contributed by atoms with Gasteiger partial charge in [-0.2, -0.15) is 4.31 Å². The van der Waals surface area contributed by atoms with E-state index in [1.807, 2.05) is 0 Å². The van der Waals surface area contributed by atoms with E-state index in [1.165, 1.54) is 13.1 Å². The summed E-state index contributed by atoms with van der Waals surface area (Å²) in [7, 11) is -2.55. The van der Waals surface area contributed by atoms with Crippen LogP contribution in [0.4, 0.5) is 0 Å². The van der Waals surface area contributed by atoms with Gasteiger partial charge in [-0.15, -0.1) is 0 Å². The topological polar surface area (TPSA) is 108 Å². The number of nitrogens with zero attached hydrogens (tertiary/aromatic N) is 2. The quantitative estimate of drug-likeness (QED) is 0.799. The van der Waals surface area contributed by atoms with Crippen molar-refractivity contribution in [1.29, 1.82) is 0 Å². The van der Waals surface area contributed by atoms with Gasteiger partial charge in [0.15, 0.2) is 5.03 Å². The number of carboxylic acids is 1. The second-order valence-electron chi connectivity index (χ2n) is 4.63. The fourth-order valence-electron chi connectivity index (χ4n) is 1.22. The summed E-state index contributed by atoms with van der Waals surface area (Å²) in [5.74, 6) is -1.18. The fraction of sp³-hybridized carbons (Fsp3) is 0.455. The molecule has 19 heavy (non-hydrogen) atoms. The van der Waals surface area contributed by atoms with Gasteiger partial charge in [0, 0.05) is 13.2 Å². The van der Waals surface area contributed by atoms with Gasteiger partial charge in [-0.1, -0.05) is 0 Å². The third-order valence-corrected chi connectivity index (χ3v) is 4.83. The van der Waals surface area contributed by atoms with E-state index in [0.29, 0.717) is 0 Å². The molecule has 0 bridgehead atoms. The van der Waals surface area contributed by atoms with Crippen molar-refractivity contribution in [2.45, 2.75) is 24.4 Å². The lowest BCUT2D eigenvalue weighted by molar-refractivity contribution is 0.0696. The lowest BCUT2D eigenvalue weighted by Gasteiger charge is -2.32. The molecule has 1 aromatic heterocycles. The number of aromatic carboxylic acids is 1. The number of aromatic nitrogens is 1. The first-order chi connectivity index (χ1) is 8.63. The van der Waals surface area contributed by atoms with E-state index < -0.39 is 21.5 Å². The number of carbonyl (C=O) groups is 1. The molecule has 0 aliphatic heterocycles. The third kappa shape index (κ3) is 3.09. The van der Waals surface area contributed by atoms with E-state index in [0.717, 1.165) is 16.6 Å². The van der Waals surface area contributed by atoms with Gasteiger partial charge >= 0.3 is 5.97 Å². The molecule has 0 aliphatic carbocycles. The maximum atomic E-state index is 12.2. The molecule has 0 fully saturated rings. The highest BCUT2D eigenvalue weighted by Gasteiger charge is 2.34. The van der Waals surface area contributed by atoms with Crippen LogP contribution in [-0.2, 0) is 10.0 Å². The van der Waals surface area contributed by atoms with Crippen molar-refractivity contribution in [3.8, 4) is 0 Å². The number of hydrogen-bond acceptors (Lipinski definition) is 5. The monoisotopic (exact) mass is 288 g/mol. The molecule has 1 heterocycles. The molecule has 106 valence electrons. The minimum absolute atomic E-state index is 0.0944. The molecule has 0 unspecified atom stereocenters. The summed E-state index contributed by atoms with van der Waals surface area (Å²) in [4.78, 5) is 14.3. The highest BCUT2D eigenvalue weighted by atomic mass is 32.2. The molecule has 0 saturated carbocycles. The van der Waals surface area contributed by atoms with Crippen molar-refractivity contribution < 1.29 is 23.4 Å². The first-order valence-corrected chi connectivity index (χ1v) is 6.86. The van der Waals surface area contributed by atoms with E-state index in [4.69, 9.17) is 5.11 Å². The number of aliphatic hydroxyl groups is 1. The molecule has 0 radical (unpaired) electrons. The summed E-state index contributed by atoms with van der Waals surface area (Å²) in [5.41, 5.74) is -1.07. The van der Waals surface area contributed by atoms with Crippen molar-refractivity contribution in [3.63, 3.8) is 0 Å². The van der Waals surface area contributed by atoms with Crippen LogP contribution in [0.5, 0.6) is 0 Å². The summed E-state index contributed by atoms with van der Waals surface area (Å²) >= 11 is 0. The lowest BCUT2D eigenvalue weighted by atomic mass is 10.1. The average Bonchev–Trinajstić information content (AvgIpc) is 2.37. The number of aliphatic hydroxyl groups excluding tert-OH is 1. The maximum Gasteiger partial charge on any atom is 0.337 e. The van der Waals surface area contributed by atoms with E-state index in [1.54, 1.807) is 13.8 Å². The zero-order valence-corrected chi connectivity index (χ0v) is 11.7. The summed E-state index contributed by atoms with van der Waals surface area (Å²) in [6.45, 7) is 2.78. The molecule has 2 N–H and O–H groups in total. The Balaban J connectivity index is 3.17. The Morgan fingerprint density at radius 2 is 2.00 bits per heavy atom. The molecule has 1 aromatic rings. The highest BCUT2D eigenvalue weighted by molar-refractivity contribution is 7.89. The Kier molecular flexibility index (Phi) is 4.28. The normalized spacial score (nSPS) is 12.7. The van der Waals surface area contributed by atoms with Gasteiger partial charge in [-0.3, -0.25) is 0 Å². The van der Waals surface area contributed by atoms with E-state index in [2.05, 4.69) is 4.98 Å². The number of carboxylic acid groups (broad SMARTS) is 1. The zero-order valence-electron chi connectivity index (χ0n) is 10.9. The van der Waals surface area contributed by atoms with Gasteiger partial charge in [0.2, 0.25) is 0 Å². The van der Waals surface area contributed by atoms with Gasteiger partial charge in [0.05, 0.1) is 17.7 Å². The molecule has 1 rings (SSSR count). The zero-order chi connectivity index (χ0) is 14.8. The smallest absolute Gasteiger partial charge is 0.337 e. The number of likely N-dealkylation sites (N-methyl/N-ethyl adjacent to an activating group) is 1. The first-order valence-electron chi connectivity index (χ1n) is 5.42. The van der Waals surface area contributed by atoms with Gasteiger partial charge in [-0.25, -0.2) is 18.2 Å². The minimum Gasteiger partial charge on any atom is -0.478 e. The van der Waals surface area contributed by atoms with Crippen LogP contribution < -0.4 is 0 Å². The minimum atomic E-state index is -3.88. The molecule has 7 nitrogen and oxygen atoms in total. The Labute approximate surface area is 111 Å². The van der Waals surface area contributed by atoms with Crippen LogP contribution in [0.3, 0.4) is 0 Å². The third-order valence-electron chi connectivity index (χ3n) is 2.85. The van der Waals surface area contributed by atoms with Crippen LogP contribution in [0.1, 0.15) is 24.2 Å². The van der Waals surface area contributed by atoms with Crippen molar-refractivity contribution >= 4 is 16.0 Å². The first kappa shape index (κ1) is 15.5. The lowest BCUT2D eigenvalue weighted by Crippen LogP contribution is -2.47. The van der Waals surface area contributed by atoms with Gasteiger partial charge in [-0.05, 0) is 26.0 Å². The van der Waals surface area contributed by atoms with E-state index in [9.17, 15) is 18.3 Å². The molecule has 0 aromatic carbocycles. The van der Waals surface area contributed by atoms with Crippen LogP contribution in [-0.4, -0.2) is 53.1 Å². The van der Waals surface area contributed by atoms with Crippen molar-refractivity contribution in [2.75, 3.05) is 13.7 Å². The predicted molar refractivity (Wildman–Crippen MR) is 67.3 cm³/mol. The van der Waals surface area contributed by atoms with Gasteiger partial charge in [0.1, 0.15) is 0 Å². The summed E-state index contributed by atoms with van der Waals surface area (Å²) < 4.78 is 25.5. The summed E-state index contributed by atoms with van der Waals surface area (Å²) in [6, 6.07) is 2.30. The van der Waals surface area contributed by atoms with Crippen LogP contribution in [0.15, 0.2) is 23.4 Å². The molecule has 0 aliphatic rings. The average molecular weight is 288 g/mol. The molecule has 8 heteroatoms. The van der Waals surface area contributed by atoms with Crippen molar-refractivity contribution in [1.82, 2.24) is 9.29 Å². The number of rotatable bonds is 5. The largest absolute Gasteiger partial charge is 0.478 e. The summed E-state index contributed by atoms with van der Waals surface area (Å²) in [5, 5.41) is 17.6. The number of pyridine rings is 1. The summed E-state index contributed by atoms with van der Waals surface area (Å²) in [6.07, 6.45) is 0.981. The second-order valence-corrected chi connectivity index (χ2v) is 6.55. The second kappa shape index (κ2) is 5.24. The highest BCUT2D eigenvalue weighted by Crippen LogP contribution is 2.21. The van der Waals surface area contributed by atoms with Crippen LogP contribution in [0.2, 0.25) is 0 Å². The Morgan fingerprint density at radius 3 is 2.37 bits per heavy atom. The van der Waals surface area contributed by atoms with Crippen molar-refractivity contribution in [2.24, 2.45) is 0 Å². The molecule has 0 saturated heterocycles. The Morgan fingerprint density at radius 1 is 1.42 bits per heavy atom. The fourth-order valence-corrected chi connectivity index (χ4v) is 2.64. The molecular weight excluding hydrogens is 272 g/mol. The van der Waals surface area contributed by atoms with Crippen molar-refractivity contribution in [3.05, 3.63) is 23.9 Å². The van der Waals surface area contributed by atoms with Crippen LogP contribution in [0, 0.1) is 0 Å². The number of hydrogen-bond donors (Lipinski definition) is 2. The Bertz CT molecular complexity index is 565.